The largest absolute Gasteiger partial charge is 0.496 e. The van der Waals surface area contributed by atoms with E-state index in [0.717, 1.165) is 10.9 Å². The average Bonchev–Trinajstić information content (AvgIpc) is 3.45. The molecule has 2 aromatic heterocycles. The quantitative estimate of drug-likeness (QED) is 0.167. The molecule has 0 bridgehead atoms. The zero-order chi connectivity index (χ0) is 29.2. The highest BCUT2D eigenvalue weighted by Gasteiger charge is 2.18. The summed E-state index contributed by atoms with van der Waals surface area (Å²) in [5, 5.41) is 6.78. The lowest BCUT2D eigenvalue weighted by atomic mass is 10.2. The number of hydrogen-bond acceptors (Lipinski definition) is 7. The highest BCUT2D eigenvalue weighted by Crippen LogP contribution is 2.33. The first-order chi connectivity index (χ1) is 20.4. The van der Waals surface area contributed by atoms with Crippen LogP contribution in [0.2, 0.25) is 10.0 Å². The summed E-state index contributed by atoms with van der Waals surface area (Å²) >= 11 is 12.3. The summed E-state index contributed by atoms with van der Waals surface area (Å²) in [5.41, 5.74) is 2.24. The van der Waals surface area contributed by atoms with Gasteiger partial charge in [-0.2, -0.15) is 9.78 Å². The van der Waals surface area contributed by atoms with Gasteiger partial charge in [-0.3, -0.25) is 4.79 Å². The van der Waals surface area contributed by atoms with Gasteiger partial charge in [-0.25, -0.2) is 4.98 Å². The molecular formula is C32H23Cl2N3O5. The van der Waals surface area contributed by atoms with E-state index in [2.05, 4.69) is 5.10 Å². The Morgan fingerprint density at radius 1 is 0.881 bits per heavy atom. The third kappa shape index (κ3) is 5.30. The number of nitrogens with zero attached hydrogens (tertiary/aromatic N) is 3. The van der Waals surface area contributed by atoms with Crippen molar-refractivity contribution in [1.82, 2.24) is 9.66 Å². The van der Waals surface area contributed by atoms with Crippen molar-refractivity contribution in [2.75, 3.05) is 14.2 Å². The van der Waals surface area contributed by atoms with Crippen molar-refractivity contribution in [3.63, 3.8) is 0 Å². The lowest BCUT2D eigenvalue weighted by Gasteiger charge is -2.12. The van der Waals surface area contributed by atoms with Crippen LogP contribution in [0.15, 0.2) is 99.2 Å². The van der Waals surface area contributed by atoms with Crippen molar-refractivity contribution in [2.24, 2.45) is 5.10 Å². The van der Waals surface area contributed by atoms with E-state index in [-0.39, 0.29) is 18.0 Å². The van der Waals surface area contributed by atoms with Gasteiger partial charge in [0.25, 0.3) is 5.56 Å². The molecule has 0 saturated carbocycles. The van der Waals surface area contributed by atoms with Crippen molar-refractivity contribution in [3.8, 4) is 28.8 Å². The number of furan rings is 1. The number of halogens is 2. The molecule has 6 rings (SSSR count). The van der Waals surface area contributed by atoms with E-state index >= 15 is 0 Å². The van der Waals surface area contributed by atoms with Gasteiger partial charge in [0.1, 0.15) is 17.9 Å². The van der Waals surface area contributed by atoms with Crippen LogP contribution in [0.3, 0.4) is 0 Å². The lowest BCUT2D eigenvalue weighted by Crippen LogP contribution is -2.20. The van der Waals surface area contributed by atoms with Crippen molar-refractivity contribution in [3.05, 3.63) is 116 Å². The van der Waals surface area contributed by atoms with Crippen molar-refractivity contribution < 1.29 is 18.6 Å². The number of fused-ring (bicyclic) bond motifs is 2. The standard InChI is InChI=1S/C32H23Cl2N3O5/c1-39-26-8-5-9-27-23(26)16-30(42-27)31-36-25-7-4-3-6-22(25)32(38)37(31)35-17-19-10-13-28(29(14-19)40-2)41-18-20-11-12-21(33)15-24(20)34/h3-17H,18H2,1-2H3. The maximum Gasteiger partial charge on any atom is 0.282 e. The van der Waals surface area contributed by atoms with Crippen LogP contribution in [0.25, 0.3) is 33.5 Å². The molecule has 42 heavy (non-hydrogen) atoms. The van der Waals surface area contributed by atoms with Gasteiger partial charge in [0.05, 0.1) is 36.7 Å². The van der Waals surface area contributed by atoms with Gasteiger partial charge in [0.15, 0.2) is 17.3 Å². The van der Waals surface area contributed by atoms with E-state index in [0.29, 0.717) is 55.1 Å². The smallest absolute Gasteiger partial charge is 0.282 e. The summed E-state index contributed by atoms with van der Waals surface area (Å²) < 4.78 is 24.3. The molecule has 8 nitrogen and oxygen atoms in total. The van der Waals surface area contributed by atoms with Crippen LogP contribution in [-0.4, -0.2) is 30.1 Å². The highest BCUT2D eigenvalue weighted by molar-refractivity contribution is 6.35. The third-order valence-corrected chi connectivity index (χ3v) is 7.21. The first-order valence-electron chi connectivity index (χ1n) is 12.8. The number of aromatic nitrogens is 2. The third-order valence-electron chi connectivity index (χ3n) is 6.62. The molecule has 0 aliphatic heterocycles. The Kier molecular flexibility index (Phi) is 7.56. The molecule has 0 unspecified atom stereocenters. The minimum Gasteiger partial charge on any atom is -0.496 e. The fourth-order valence-electron chi connectivity index (χ4n) is 4.52. The van der Waals surface area contributed by atoms with Crippen LogP contribution in [0, 0.1) is 0 Å². The summed E-state index contributed by atoms with van der Waals surface area (Å²) in [6.45, 7) is 0.226. The van der Waals surface area contributed by atoms with E-state index in [1.54, 1.807) is 75.0 Å². The van der Waals surface area contributed by atoms with Crippen LogP contribution in [-0.2, 0) is 6.61 Å². The lowest BCUT2D eigenvalue weighted by molar-refractivity contribution is 0.284. The Bertz CT molecular complexity index is 2030. The first kappa shape index (κ1) is 27.4. The van der Waals surface area contributed by atoms with E-state index in [1.165, 1.54) is 4.68 Å². The Morgan fingerprint density at radius 2 is 1.71 bits per heavy atom. The normalized spacial score (nSPS) is 11.4. The molecule has 0 atom stereocenters. The Hall–Kier alpha value is -4.79. The molecule has 0 spiro atoms. The topological polar surface area (TPSA) is 88.1 Å². The number of benzene rings is 4. The van der Waals surface area contributed by atoms with Gasteiger partial charge in [0.2, 0.25) is 5.82 Å². The number of para-hydroxylation sites is 1. The van der Waals surface area contributed by atoms with Crippen LogP contribution in [0.5, 0.6) is 17.2 Å². The number of methoxy groups -OCH3 is 2. The Morgan fingerprint density at radius 3 is 2.52 bits per heavy atom. The van der Waals surface area contributed by atoms with Gasteiger partial charge < -0.3 is 18.6 Å². The molecule has 6 aromatic rings. The zero-order valence-electron chi connectivity index (χ0n) is 22.5. The van der Waals surface area contributed by atoms with Gasteiger partial charge in [-0.05, 0) is 66.2 Å². The molecule has 0 saturated heterocycles. The van der Waals surface area contributed by atoms with Gasteiger partial charge in [-0.1, -0.05) is 47.5 Å². The van der Waals surface area contributed by atoms with E-state index in [9.17, 15) is 4.79 Å². The maximum absolute atomic E-state index is 13.6. The molecule has 4 aromatic carbocycles. The van der Waals surface area contributed by atoms with Crippen LogP contribution in [0.1, 0.15) is 11.1 Å². The minimum atomic E-state index is -0.342. The van der Waals surface area contributed by atoms with Crippen molar-refractivity contribution in [1.29, 1.82) is 0 Å². The van der Waals surface area contributed by atoms with Gasteiger partial charge in [0, 0.05) is 15.6 Å². The summed E-state index contributed by atoms with van der Waals surface area (Å²) in [6, 6.07) is 24.9. The second kappa shape index (κ2) is 11.6. The highest BCUT2D eigenvalue weighted by atomic mass is 35.5. The molecule has 0 aliphatic carbocycles. The molecule has 0 aliphatic rings. The summed E-state index contributed by atoms with van der Waals surface area (Å²) in [4.78, 5) is 18.3. The first-order valence-corrected chi connectivity index (χ1v) is 13.6. The van der Waals surface area contributed by atoms with Crippen LogP contribution in [0.4, 0.5) is 0 Å². The minimum absolute atomic E-state index is 0.226. The molecule has 0 N–H and O–H groups in total. The summed E-state index contributed by atoms with van der Waals surface area (Å²) in [6.07, 6.45) is 1.55. The monoisotopic (exact) mass is 599 g/mol. The molecule has 0 amide bonds. The fraction of sp³-hybridized carbons (Fsp3) is 0.0938. The predicted molar refractivity (Wildman–Crippen MR) is 165 cm³/mol. The van der Waals surface area contributed by atoms with Crippen molar-refractivity contribution >= 4 is 51.3 Å². The molecule has 2 heterocycles. The van der Waals surface area contributed by atoms with Gasteiger partial charge in [-0.15, -0.1) is 0 Å². The van der Waals surface area contributed by atoms with Crippen LogP contribution >= 0.6 is 23.2 Å². The summed E-state index contributed by atoms with van der Waals surface area (Å²) in [5.74, 6) is 2.27. The second-order valence-electron chi connectivity index (χ2n) is 9.23. The SMILES string of the molecule is COc1cc(C=Nn2c(-c3cc4c(OC)cccc4o3)nc3ccccc3c2=O)ccc1OCc1ccc(Cl)cc1Cl. The fourth-order valence-corrected chi connectivity index (χ4v) is 4.98. The van der Waals surface area contributed by atoms with Crippen molar-refractivity contribution in [2.45, 2.75) is 6.61 Å². The Balaban J connectivity index is 1.37. The predicted octanol–water partition coefficient (Wildman–Crippen LogP) is 7.59. The molecule has 10 heteroatoms. The number of hydrogen-bond donors (Lipinski definition) is 0. The molecule has 0 fully saturated rings. The molecule has 0 radical (unpaired) electrons. The van der Waals surface area contributed by atoms with E-state index in [1.807, 2.05) is 30.3 Å². The average molecular weight is 600 g/mol. The number of rotatable bonds is 8. The van der Waals surface area contributed by atoms with Crippen LogP contribution < -0.4 is 19.8 Å². The number of ether oxygens (including phenoxy) is 3. The molecule has 210 valence electrons. The maximum atomic E-state index is 13.6. The molecular weight excluding hydrogens is 577 g/mol. The van der Waals surface area contributed by atoms with E-state index < -0.39 is 0 Å². The zero-order valence-corrected chi connectivity index (χ0v) is 24.0. The Labute approximate surface area is 250 Å². The second-order valence-corrected chi connectivity index (χ2v) is 10.1. The summed E-state index contributed by atoms with van der Waals surface area (Å²) in [7, 11) is 3.14. The van der Waals surface area contributed by atoms with Gasteiger partial charge >= 0.3 is 0 Å². The van der Waals surface area contributed by atoms with E-state index in [4.69, 9.17) is 46.8 Å².